The van der Waals surface area contributed by atoms with Crippen molar-refractivity contribution >= 4 is 53.0 Å². The van der Waals surface area contributed by atoms with Crippen molar-refractivity contribution in [1.82, 2.24) is 0 Å². The van der Waals surface area contributed by atoms with Crippen LogP contribution in [-0.4, -0.2) is 73.9 Å². The average molecular weight is 939 g/mol. The van der Waals surface area contributed by atoms with Gasteiger partial charge in [0.1, 0.15) is 28.8 Å². The van der Waals surface area contributed by atoms with Crippen molar-refractivity contribution in [3.05, 3.63) is 221 Å². The van der Waals surface area contributed by atoms with Crippen LogP contribution in [0.2, 0.25) is 0 Å². The third-order valence-corrected chi connectivity index (χ3v) is 8.90. The van der Waals surface area contributed by atoms with Gasteiger partial charge >= 0.3 is 23.9 Å². The molecule has 15 heteroatoms. The van der Waals surface area contributed by atoms with E-state index < -0.39 is 17.9 Å². The number of carbonyl (C=O) groups is 6. The summed E-state index contributed by atoms with van der Waals surface area (Å²) in [6.07, 6.45) is 7.97. The van der Waals surface area contributed by atoms with Crippen LogP contribution in [0.3, 0.4) is 0 Å². The number of aromatic hydroxyl groups is 2. The molecule has 356 valence electrons. The van der Waals surface area contributed by atoms with Gasteiger partial charge in [-0.2, -0.15) is 0 Å². The molecule has 0 heterocycles. The Bertz CT molecular complexity index is 2860. The minimum atomic E-state index is -1.06. The fraction of sp³-hybridized carbons (Fsp3) is 0.0741. The number of phenolic OH excluding ortho intramolecular Hbond substituents is 2. The van der Waals surface area contributed by atoms with Crippen LogP contribution < -0.4 is 9.47 Å². The average Bonchev–Trinajstić information content (AvgIpc) is 3.32. The molecule has 0 bridgehead atoms. The van der Waals surface area contributed by atoms with Crippen LogP contribution in [0.5, 0.6) is 23.0 Å². The molecule has 0 aliphatic carbocycles. The molecule has 0 aliphatic rings. The number of carboxylic acids is 3. The second-order valence-electron chi connectivity index (χ2n) is 13.9. The summed E-state index contributed by atoms with van der Waals surface area (Å²) in [6, 6.07) is 34.8. The summed E-state index contributed by atoms with van der Waals surface area (Å²) in [5.41, 5.74) is 3.92. The van der Waals surface area contributed by atoms with Gasteiger partial charge in [0.15, 0.2) is 5.78 Å². The number of carbonyl (C=O) groups excluding carboxylic acids is 3. The van der Waals surface area contributed by atoms with Crippen molar-refractivity contribution in [1.29, 1.82) is 0 Å². The summed E-state index contributed by atoms with van der Waals surface area (Å²) in [4.78, 5) is 64.4. The third-order valence-electron chi connectivity index (χ3n) is 8.90. The van der Waals surface area contributed by atoms with Crippen LogP contribution in [0.15, 0.2) is 182 Å². The van der Waals surface area contributed by atoms with Crippen LogP contribution in [0.4, 0.5) is 0 Å². The molecule has 0 aromatic heterocycles. The van der Waals surface area contributed by atoms with Gasteiger partial charge in [-0.05, 0) is 151 Å². The first-order valence-electron chi connectivity index (χ1n) is 20.2. The maximum Gasteiger partial charge on any atom is 0.343 e. The van der Waals surface area contributed by atoms with E-state index in [1.54, 1.807) is 99.8 Å². The summed E-state index contributed by atoms with van der Waals surface area (Å²) in [5.74, 6) is -1.55. The van der Waals surface area contributed by atoms with E-state index in [4.69, 9.17) is 35.0 Å². The minimum Gasteiger partial charge on any atom is -0.516 e. The third kappa shape index (κ3) is 20.1. The zero-order chi connectivity index (χ0) is 51.5. The van der Waals surface area contributed by atoms with Crippen molar-refractivity contribution in [2.45, 2.75) is 20.8 Å². The second-order valence-corrected chi connectivity index (χ2v) is 13.9. The van der Waals surface area contributed by atoms with Gasteiger partial charge in [-0.25, -0.2) is 19.2 Å². The van der Waals surface area contributed by atoms with E-state index in [2.05, 4.69) is 17.9 Å². The Kier molecular flexibility index (Phi) is 23.5. The van der Waals surface area contributed by atoms with Crippen molar-refractivity contribution in [2.75, 3.05) is 7.11 Å². The van der Waals surface area contributed by atoms with Crippen LogP contribution >= 0.6 is 0 Å². The molecule has 0 saturated carbocycles. The fourth-order valence-corrected chi connectivity index (χ4v) is 5.47. The predicted molar refractivity (Wildman–Crippen MR) is 261 cm³/mol. The molecule has 15 nitrogen and oxygen atoms in total. The summed E-state index contributed by atoms with van der Waals surface area (Å²) < 4.78 is 14.9. The zero-order valence-corrected chi connectivity index (χ0v) is 37.9. The van der Waals surface area contributed by atoms with Gasteiger partial charge < -0.3 is 44.8 Å². The predicted octanol–water partition coefficient (Wildman–Crippen LogP) is 10.7. The lowest BCUT2D eigenvalue weighted by Gasteiger charge is -2.04. The summed E-state index contributed by atoms with van der Waals surface area (Å²) in [5, 5.41) is 53.6. The number of allylic oxidation sites excluding steroid dienone is 3. The number of aryl methyl sites for hydroxylation is 2. The number of hydrogen-bond acceptors (Lipinski definition) is 12. The molecule has 6 aromatic carbocycles. The summed E-state index contributed by atoms with van der Waals surface area (Å²) in [6.45, 7) is 12.3. The van der Waals surface area contributed by atoms with Crippen LogP contribution in [0.1, 0.15) is 65.0 Å². The van der Waals surface area contributed by atoms with E-state index in [1.807, 2.05) is 30.3 Å². The number of hydrogen-bond donors (Lipinski definition) is 6. The SMILES string of the molecule is C=C(/C=C\c1cccc(C(=O)Oc2ccccc2)c1)OC.C=C/C(=C\C=C\O)C(=O)O.CC(=O)c1ccc(OC=O)cc1C.Cc1cc(O)ccc1C(=O)O.O=C(O)c1ccc2cc(O)ccc2c1. The lowest BCUT2D eigenvalue weighted by atomic mass is 10.1. The molecule has 69 heavy (non-hydrogen) atoms. The van der Waals surface area contributed by atoms with Gasteiger partial charge in [-0.1, -0.05) is 67.8 Å². The number of Topliss-reactive ketones (excluding diaryl/α,β-unsaturated/α-hetero) is 1. The fourth-order valence-electron chi connectivity index (χ4n) is 5.47. The van der Waals surface area contributed by atoms with Crippen LogP contribution in [0, 0.1) is 13.8 Å². The molecule has 6 rings (SSSR count). The molecule has 0 spiro atoms. The highest BCUT2D eigenvalue weighted by atomic mass is 16.5. The first-order chi connectivity index (χ1) is 32.8. The van der Waals surface area contributed by atoms with Gasteiger partial charge in [0, 0.05) is 5.56 Å². The summed E-state index contributed by atoms with van der Waals surface area (Å²) >= 11 is 0. The van der Waals surface area contributed by atoms with Gasteiger partial charge in [0.25, 0.3) is 6.47 Å². The number of benzene rings is 6. The number of aliphatic carboxylic acids is 1. The van der Waals surface area contributed by atoms with E-state index in [0.717, 1.165) is 28.2 Å². The largest absolute Gasteiger partial charge is 0.516 e. The number of aliphatic hydroxyl groups excluding tert-OH is 1. The molecule has 0 atom stereocenters. The van der Waals surface area contributed by atoms with Gasteiger partial charge in [-0.3, -0.25) is 9.59 Å². The zero-order valence-electron chi connectivity index (χ0n) is 37.9. The quantitative estimate of drug-likeness (QED) is 0.0120. The molecule has 6 aromatic rings. The standard InChI is InChI=1S/C18H16O3.C11H8O3.C10H10O3.C8H8O3.C7H8O3/c1-14(20-2)11-12-15-7-6-8-16(13-15)18(19)21-17-9-4-3-5-10-17;12-10-4-3-7-5-9(11(13)14)2-1-8(7)6-10;1-7-5-9(13-6-11)3-4-10(7)8(2)12;1-5-4-6(9)2-3-7(5)8(10)11;1-2-6(7(9)10)4-3-5-8/h3-13H,1H2,2H3;1-6,12H,(H,13,14);3-6H,1-2H3;2-4,9H,1H3,(H,10,11);2-5,8H,1H2,(H,9,10)/b12-11-;;;;5-3+,6-4+. The normalized spacial score (nSPS) is 10.2. The Morgan fingerprint density at radius 2 is 1.28 bits per heavy atom. The molecular weight excluding hydrogens is 889 g/mol. The smallest absolute Gasteiger partial charge is 0.343 e. The molecular formula is C54H50O15. The summed E-state index contributed by atoms with van der Waals surface area (Å²) in [7, 11) is 1.56. The number of phenols is 2. The van der Waals surface area contributed by atoms with Crippen molar-refractivity contribution in [3.8, 4) is 23.0 Å². The van der Waals surface area contributed by atoms with Crippen molar-refractivity contribution in [2.24, 2.45) is 0 Å². The number of carboxylic acid groups (broad SMARTS) is 3. The molecule has 0 fully saturated rings. The Morgan fingerprint density at radius 1 is 0.652 bits per heavy atom. The van der Waals surface area contributed by atoms with Gasteiger partial charge in [0.2, 0.25) is 0 Å². The van der Waals surface area contributed by atoms with E-state index in [1.165, 1.54) is 55.5 Å². The molecule has 0 radical (unpaired) electrons. The highest BCUT2D eigenvalue weighted by molar-refractivity contribution is 5.96. The van der Waals surface area contributed by atoms with E-state index >= 15 is 0 Å². The minimum absolute atomic E-state index is 0.00940. The lowest BCUT2D eigenvalue weighted by Crippen LogP contribution is -2.08. The number of fused-ring (bicyclic) bond motifs is 1. The van der Waals surface area contributed by atoms with E-state index in [-0.39, 0.29) is 40.0 Å². The number of ketones is 1. The topological polar surface area (TPSA) is 251 Å². The Balaban J connectivity index is 0.000000305. The van der Waals surface area contributed by atoms with E-state index in [0.29, 0.717) is 40.4 Å². The van der Waals surface area contributed by atoms with E-state index in [9.17, 15) is 33.9 Å². The Morgan fingerprint density at radius 3 is 1.84 bits per heavy atom. The number of rotatable bonds is 13. The molecule has 6 N–H and O–H groups in total. The molecule has 0 saturated heterocycles. The van der Waals surface area contributed by atoms with Gasteiger partial charge in [-0.15, -0.1) is 0 Å². The number of aromatic carboxylic acids is 2. The first-order valence-corrected chi connectivity index (χ1v) is 20.2. The second kappa shape index (κ2) is 29.1. The number of ether oxygens (including phenoxy) is 3. The maximum absolute atomic E-state index is 12.1. The first kappa shape index (κ1) is 55.6. The molecule has 0 aliphatic heterocycles. The van der Waals surface area contributed by atoms with Crippen molar-refractivity contribution in [3.63, 3.8) is 0 Å². The Hall–Kier alpha value is -9.50. The number of esters is 1. The maximum atomic E-state index is 12.1. The van der Waals surface area contributed by atoms with Crippen LogP contribution in [0.25, 0.3) is 16.8 Å². The van der Waals surface area contributed by atoms with Crippen LogP contribution in [-0.2, 0) is 14.3 Å². The number of aliphatic hydroxyl groups is 1. The highest BCUT2D eigenvalue weighted by Crippen LogP contribution is 2.22. The number of para-hydroxylation sites is 1. The van der Waals surface area contributed by atoms with Gasteiger partial charge in [0.05, 0.1) is 35.6 Å². The monoisotopic (exact) mass is 938 g/mol. The number of methoxy groups -OCH3 is 1. The molecule has 0 amide bonds. The highest BCUT2D eigenvalue weighted by Gasteiger charge is 2.09. The Labute approximate surface area is 397 Å². The molecule has 0 unspecified atom stereocenters. The van der Waals surface area contributed by atoms with Crippen molar-refractivity contribution < 1.29 is 73.6 Å². The lowest BCUT2D eigenvalue weighted by molar-refractivity contribution is -0.132.